The van der Waals surface area contributed by atoms with Crippen molar-refractivity contribution in [3.63, 3.8) is 0 Å². The molecule has 0 aliphatic carbocycles. The van der Waals surface area contributed by atoms with Crippen LogP contribution >= 0.6 is 22.7 Å². The molecule has 4 aromatic heterocycles. The van der Waals surface area contributed by atoms with Gasteiger partial charge in [-0.15, -0.1) is 22.7 Å². The molecule has 0 radical (unpaired) electrons. The predicted molar refractivity (Wildman–Crippen MR) is 390 cm³/mol. The second kappa shape index (κ2) is 24.8. The van der Waals surface area contributed by atoms with Gasteiger partial charge in [-0.3, -0.25) is 0 Å². The van der Waals surface area contributed by atoms with E-state index >= 15 is 0 Å². The zero-order chi connectivity index (χ0) is 61.2. The van der Waals surface area contributed by atoms with Crippen LogP contribution < -0.4 is 0 Å². The Hall–Kier alpha value is -11.5. The molecule has 0 spiro atoms. The van der Waals surface area contributed by atoms with Crippen LogP contribution in [-0.4, -0.2) is 19.9 Å². The number of fused-ring (bicyclic) bond motifs is 6. The standard InChI is InChI=1S/C46H30N2S.C40H26N2S/c1-4-13-31(14-5-1)36-19-12-20-37(27-36)45-47-44(43-41-21-10-11-22-42(41)49-46(43)48-45)35-25-23-34(24-26-35)40-29-38(32-15-6-2-7-16-32)28-39(30-40)33-17-8-3-9-18-33;1-3-10-27(11-4-1)29-18-20-30(21-19-29)31-22-24-32(25-23-31)38-37-35-16-7-8-17-36(35)43-40(37)42-39(41-38)34-15-9-14-33(26-34)28-12-5-2-6-13-28/h1-30H;1-26H. The summed E-state index contributed by atoms with van der Waals surface area (Å²) in [7, 11) is 0. The van der Waals surface area contributed by atoms with Crippen molar-refractivity contribution in [2.45, 2.75) is 0 Å². The lowest BCUT2D eigenvalue weighted by Gasteiger charge is -2.12. The summed E-state index contributed by atoms with van der Waals surface area (Å²) in [6.45, 7) is 0. The first-order chi connectivity index (χ1) is 45.6. The van der Waals surface area contributed by atoms with Gasteiger partial charge in [0.05, 0.1) is 11.4 Å². The molecule has 17 rings (SSSR count). The topological polar surface area (TPSA) is 51.6 Å². The van der Waals surface area contributed by atoms with Crippen LogP contribution in [0.1, 0.15) is 0 Å². The van der Waals surface area contributed by atoms with Crippen molar-refractivity contribution in [3.8, 4) is 123 Å². The summed E-state index contributed by atoms with van der Waals surface area (Å²) in [5.41, 5.74) is 22.7. The lowest BCUT2D eigenvalue weighted by molar-refractivity contribution is 1.24. The van der Waals surface area contributed by atoms with Crippen LogP contribution in [0.3, 0.4) is 0 Å². The molecular weight excluding hydrogens is 1150 g/mol. The van der Waals surface area contributed by atoms with Crippen molar-refractivity contribution < 1.29 is 0 Å². The fourth-order valence-electron chi connectivity index (χ4n) is 12.4. The van der Waals surface area contributed by atoms with Crippen LogP contribution in [0.5, 0.6) is 0 Å². The summed E-state index contributed by atoms with van der Waals surface area (Å²) in [5.74, 6) is 1.48. The molecule has 432 valence electrons. The zero-order valence-corrected chi connectivity index (χ0v) is 51.6. The Morgan fingerprint density at radius 1 is 0.174 bits per heavy atom. The molecule has 0 unspecified atom stereocenters. The molecular formula is C86H56N4S2. The first kappa shape index (κ1) is 55.7. The SMILES string of the molecule is c1ccc(-c2cc(-c3ccccc3)cc(-c3ccc(-c4nc(-c5cccc(-c6ccccc6)c5)nc5sc6ccccc6c45)cc3)c2)cc1.c1ccc(-c2ccc(-c3ccc(-c4nc(-c5cccc(-c6ccccc6)c5)nc5sc6ccccc6c45)cc3)cc2)cc1. The molecule has 17 aromatic rings. The minimum absolute atomic E-state index is 0.735. The van der Waals surface area contributed by atoms with Crippen LogP contribution in [0.25, 0.3) is 164 Å². The summed E-state index contributed by atoms with van der Waals surface area (Å²) in [4.78, 5) is 22.8. The van der Waals surface area contributed by atoms with E-state index in [9.17, 15) is 0 Å². The third-order valence-electron chi connectivity index (χ3n) is 17.1. The maximum atomic E-state index is 5.30. The number of aromatic nitrogens is 4. The average Bonchev–Trinajstić information content (AvgIpc) is 1.77. The van der Waals surface area contributed by atoms with Gasteiger partial charge in [0.2, 0.25) is 0 Å². The lowest BCUT2D eigenvalue weighted by Crippen LogP contribution is -1.94. The molecule has 4 nitrogen and oxygen atoms in total. The molecule has 92 heavy (non-hydrogen) atoms. The van der Waals surface area contributed by atoms with E-state index in [4.69, 9.17) is 19.9 Å². The van der Waals surface area contributed by atoms with Gasteiger partial charge in [0, 0.05) is 53.2 Å². The Morgan fingerprint density at radius 3 is 0.761 bits per heavy atom. The Bertz CT molecular complexity index is 5400. The highest BCUT2D eigenvalue weighted by Crippen LogP contribution is 2.43. The lowest BCUT2D eigenvalue weighted by atomic mass is 9.93. The first-order valence-electron chi connectivity index (χ1n) is 30.9. The zero-order valence-electron chi connectivity index (χ0n) is 49.9. The van der Waals surface area contributed by atoms with E-state index in [2.05, 4.69) is 328 Å². The van der Waals surface area contributed by atoms with Crippen molar-refractivity contribution in [1.29, 1.82) is 0 Å². The minimum atomic E-state index is 0.735. The third-order valence-corrected chi connectivity index (χ3v) is 19.2. The van der Waals surface area contributed by atoms with Crippen molar-refractivity contribution in [2.24, 2.45) is 0 Å². The number of hydrogen-bond acceptors (Lipinski definition) is 6. The van der Waals surface area contributed by atoms with Crippen molar-refractivity contribution in [2.75, 3.05) is 0 Å². The Morgan fingerprint density at radius 2 is 0.413 bits per heavy atom. The van der Waals surface area contributed by atoms with Crippen LogP contribution in [0.4, 0.5) is 0 Å². The summed E-state index contributed by atoms with van der Waals surface area (Å²) >= 11 is 3.46. The number of thiophene rings is 2. The molecule has 0 fully saturated rings. The monoisotopic (exact) mass is 1210 g/mol. The van der Waals surface area contributed by atoms with Gasteiger partial charge in [-0.2, -0.15) is 0 Å². The maximum Gasteiger partial charge on any atom is 0.161 e. The largest absolute Gasteiger partial charge is 0.227 e. The molecule has 0 bridgehead atoms. The van der Waals surface area contributed by atoms with Gasteiger partial charge in [0.25, 0.3) is 0 Å². The molecule has 0 saturated carbocycles. The smallest absolute Gasteiger partial charge is 0.161 e. The first-order valence-corrected chi connectivity index (χ1v) is 32.5. The highest BCUT2D eigenvalue weighted by molar-refractivity contribution is 7.26. The van der Waals surface area contributed by atoms with E-state index in [1.54, 1.807) is 22.7 Å². The number of benzene rings is 13. The van der Waals surface area contributed by atoms with Crippen LogP contribution in [-0.2, 0) is 0 Å². The predicted octanol–water partition coefficient (Wildman–Crippen LogP) is 24.0. The molecule has 0 amide bonds. The number of nitrogens with zero attached hydrogens (tertiary/aromatic N) is 4. The van der Waals surface area contributed by atoms with Gasteiger partial charge in [-0.25, -0.2) is 19.9 Å². The van der Waals surface area contributed by atoms with Crippen LogP contribution in [0, 0.1) is 0 Å². The molecule has 0 aliphatic heterocycles. The highest BCUT2D eigenvalue weighted by Gasteiger charge is 2.20. The van der Waals surface area contributed by atoms with Crippen molar-refractivity contribution >= 4 is 63.3 Å². The maximum absolute atomic E-state index is 5.30. The van der Waals surface area contributed by atoms with Crippen molar-refractivity contribution in [3.05, 3.63) is 340 Å². The third kappa shape index (κ3) is 11.3. The van der Waals surface area contributed by atoms with E-state index in [-0.39, 0.29) is 0 Å². The number of rotatable bonds is 11. The molecule has 4 heterocycles. The van der Waals surface area contributed by atoms with Crippen LogP contribution in [0.15, 0.2) is 340 Å². The summed E-state index contributed by atoms with van der Waals surface area (Å²) < 4.78 is 2.43. The Labute approximate surface area is 542 Å². The summed E-state index contributed by atoms with van der Waals surface area (Å²) in [6, 6.07) is 120. The Balaban J connectivity index is 0.000000148. The molecule has 13 aromatic carbocycles. The van der Waals surface area contributed by atoms with Gasteiger partial charge in [0.15, 0.2) is 11.6 Å². The van der Waals surface area contributed by atoms with Gasteiger partial charge >= 0.3 is 0 Å². The second-order valence-corrected chi connectivity index (χ2v) is 24.9. The van der Waals surface area contributed by atoms with Gasteiger partial charge in [0.1, 0.15) is 9.66 Å². The van der Waals surface area contributed by atoms with E-state index < -0.39 is 0 Å². The fraction of sp³-hybridized carbons (Fsp3) is 0. The highest BCUT2D eigenvalue weighted by atomic mass is 32.1. The van der Waals surface area contributed by atoms with Crippen LogP contribution in [0.2, 0.25) is 0 Å². The minimum Gasteiger partial charge on any atom is -0.227 e. The number of hydrogen-bond donors (Lipinski definition) is 0. The summed E-state index contributed by atoms with van der Waals surface area (Å²) in [6.07, 6.45) is 0. The quantitative estimate of drug-likeness (QED) is 0.129. The average molecular weight is 1210 g/mol. The molecule has 0 N–H and O–H groups in total. The van der Waals surface area contributed by atoms with E-state index in [1.807, 2.05) is 12.1 Å². The van der Waals surface area contributed by atoms with Gasteiger partial charge in [-0.05, 0) is 120 Å². The molecule has 0 saturated heterocycles. The van der Waals surface area contributed by atoms with E-state index in [0.29, 0.717) is 0 Å². The molecule has 0 aliphatic rings. The second-order valence-electron chi connectivity index (χ2n) is 22.9. The summed E-state index contributed by atoms with van der Waals surface area (Å²) in [5, 5.41) is 4.61. The van der Waals surface area contributed by atoms with Gasteiger partial charge < -0.3 is 0 Å². The molecule has 6 heteroatoms. The van der Waals surface area contributed by atoms with E-state index in [1.165, 1.54) is 81.4 Å². The normalized spacial score (nSPS) is 11.3. The van der Waals surface area contributed by atoms with Gasteiger partial charge in [-0.1, -0.05) is 297 Å². The van der Waals surface area contributed by atoms with Crippen molar-refractivity contribution in [1.82, 2.24) is 19.9 Å². The fourth-order valence-corrected chi connectivity index (χ4v) is 14.5. The van der Waals surface area contributed by atoms with E-state index in [0.717, 1.165) is 82.4 Å². The molecule has 0 atom stereocenters. The Kier molecular flexibility index (Phi) is 15.0.